The maximum absolute atomic E-state index is 11.6. The summed E-state index contributed by atoms with van der Waals surface area (Å²) in [6, 6.07) is 0.400. The normalized spacial score (nSPS) is 36.6. The second kappa shape index (κ2) is 5.45. The van der Waals surface area contributed by atoms with Gasteiger partial charge in [0.15, 0.2) is 9.84 Å². The molecule has 0 spiro atoms. The molecule has 2 N–H and O–H groups in total. The zero-order valence-corrected chi connectivity index (χ0v) is 12.2. The first-order valence-corrected chi connectivity index (χ1v) is 8.73. The Bertz CT molecular complexity index is 381. The van der Waals surface area contributed by atoms with Crippen LogP contribution in [0.2, 0.25) is 0 Å². The van der Waals surface area contributed by atoms with Gasteiger partial charge in [-0.05, 0) is 19.5 Å². The van der Waals surface area contributed by atoms with E-state index in [1.165, 1.54) is 0 Å². The summed E-state index contributed by atoms with van der Waals surface area (Å²) in [4.78, 5) is 4.74. The van der Waals surface area contributed by atoms with Crippen molar-refractivity contribution in [2.45, 2.75) is 38.4 Å². The van der Waals surface area contributed by atoms with Gasteiger partial charge in [-0.1, -0.05) is 13.8 Å². The van der Waals surface area contributed by atoms with Crippen LogP contribution in [0.4, 0.5) is 0 Å². The van der Waals surface area contributed by atoms with Crippen LogP contribution in [0.3, 0.4) is 0 Å². The van der Waals surface area contributed by atoms with Crippen molar-refractivity contribution >= 4 is 9.84 Å². The van der Waals surface area contributed by atoms with Crippen molar-refractivity contribution < 1.29 is 8.42 Å². The Balaban J connectivity index is 1.97. The lowest BCUT2D eigenvalue weighted by Crippen LogP contribution is -2.47. The smallest absolute Gasteiger partial charge is 0.153 e. The quantitative estimate of drug-likeness (QED) is 0.751. The number of rotatable bonds is 4. The van der Waals surface area contributed by atoms with Gasteiger partial charge in [0.05, 0.1) is 11.5 Å². The van der Waals surface area contributed by atoms with Gasteiger partial charge in [-0.15, -0.1) is 0 Å². The van der Waals surface area contributed by atoms with E-state index >= 15 is 0 Å². The number of sulfone groups is 1. The summed E-state index contributed by atoms with van der Waals surface area (Å²) in [5, 5.41) is 0. The highest BCUT2D eigenvalue weighted by Gasteiger charge is 2.41. The monoisotopic (exact) mass is 275 g/mol. The molecule has 18 heavy (non-hydrogen) atoms. The van der Waals surface area contributed by atoms with Crippen LogP contribution in [0.25, 0.3) is 0 Å². The van der Waals surface area contributed by atoms with Crippen LogP contribution < -0.4 is 5.73 Å². The summed E-state index contributed by atoms with van der Waals surface area (Å²) in [5.41, 5.74) is 5.99. The summed E-state index contributed by atoms with van der Waals surface area (Å²) < 4.78 is 23.2. The molecule has 0 aromatic carbocycles. The van der Waals surface area contributed by atoms with Crippen LogP contribution in [0.15, 0.2) is 0 Å². The molecule has 0 radical (unpaired) electrons. The predicted octanol–water partition coefficient (Wildman–Crippen LogP) is -0.473. The van der Waals surface area contributed by atoms with E-state index in [0.29, 0.717) is 6.04 Å². The Kier molecular flexibility index (Phi) is 4.31. The van der Waals surface area contributed by atoms with Crippen molar-refractivity contribution in [2.75, 3.05) is 37.7 Å². The van der Waals surface area contributed by atoms with Crippen LogP contribution in [0.5, 0.6) is 0 Å². The van der Waals surface area contributed by atoms with Gasteiger partial charge in [0.2, 0.25) is 0 Å². The Morgan fingerprint density at radius 1 is 1.28 bits per heavy atom. The molecule has 5 nitrogen and oxygen atoms in total. The number of hydrogen-bond donors (Lipinski definition) is 1. The minimum atomic E-state index is -2.91. The first-order chi connectivity index (χ1) is 8.46. The third-order valence-electron chi connectivity index (χ3n) is 4.36. The van der Waals surface area contributed by atoms with Gasteiger partial charge in [0, 0.05) is 31.2 Å². The minimum absolute atomic E-state index is 0.0376. The van der Waals surface area contributed by atoms with Gasteiger partial charge < -0.3 is 5.73 Å². The second-order valence-corrected chi connectivity index (χ2v) is 7.62. The Morgan fingerprint density at radius 3 is 2.44 bits per heavy atom. The molecule has 0 aromatic heterocycles. The Labute approximate surface area is 110 Å². The Morgan fingerprint density at radius 2 is 1.94 bits per heavy atom. The standard InChI is InChI=1S/C12H25N3O2S/c1-3-14(4-2)10-5-6-15(7-10)12-9-18(16,17)8-11(12)13/h10-12H,3-9,13H2,1-2H3. The summed E-state index contributed by atoms with van der Waals surface area (Å²) in [5.74, 6) is 0.406. The van der Waals surface area contributed by atoms with Crippen LogP contribution in [0.1, 0.15) is 20.3 Å². The van der Waals surface area contributed by atoms with Crippen molar-refractivity contribution in [3.63, 3.8) is 0 Å². The number of likely N-dealkylation sites (tertiary alicyclic amines) is 1. The van der Waals surface area contributed by atoms with E-state index < -0.39 is 9.84 Å². The predicted molar refractivity (Wildman–Crippen MR) is 73.3 cm³/mol. The van der Waals surface area contributed by atoms with Gasteiger partial charge >= 0.3 is 0 Å². The van der Waals surface area contributed by atoms with Crippen molar-refractivity contribution in [1.29, 1.82) is 0 Å². The van der Waals surface area contributed by atoms with Crippen LogP contribution in [-0.2, 0) is 9.84 Å². The molecule has 2 aliphatic rings. The summed E-state index contributed by atoms with van der Waals surface area (Å²) in [7, 11) is -2.91. The molecule has 3 atom stereocenters. The van der Waals surface area contributed by atoms with Gasteiger partial charge in [-0.2, -0.15) is 0 Å². The van der Waals surface area contributed by atoms with E-state index in [1.54, 1.807) is 0 Å². The average molecular weight is 275 g/mol. The lowest BCUT2D eigenvalue weighted by Gasteiger charge is -2.29. The van der Waals surface area contributed by atoms with E-state index in [9.17, 15) is 8.42 Å². The summed E-state index contributed by atoms with van der Waals surface area (Å²) >= 11 is 0. The minimum Gasteiger partial charge on any atom is -0.325 e. The highest BCUT2D eigenvalue weighted by atomic mass is 32.2. The van der Waals surface area contributed by atoms with E-state index in [2.05, 4.69) is 23.6 Å². The fraction of sp³-hybridized carbons (Fsp3) is 1.00. The number of hydrogen-bond acceptors (Lipinski definition) is 5. The van der Waals surface area contributed by atoms with Crippen LogP contribution >= 0.6 is 0 Å². The zero-order chi connectivity index (χ0) is 13.3. The first-order valence-electron chi connectivity index (χ1n) is 6.91. The molecule has 0 aliphatic carbocycles. The maximum atomic E-state index is 11.6. The van der Waals surface area contributed by atoms with Crippen LogP contribution in [0, 0.1) is 0 Å². The van der Waals surface area contributed by atoms with Crippen molar-refractivity contribution in [3.8, 4) is 0 Å². The molecule has 2 rings (SSSR count). The average Bonchev–Trinajstić information content (AvgIpc) is 2.85. The second-order valence-electron chi connectivity index (χ2n) is 5.47. The fourth-order valence-electron chi connectivity index (χ4n) is 3.34. The summed E-state index contributed by atoms with van der Waals surface area (Å²) in [6.07, 6.45) is 1.13. The molecule has 0 aromatic rings. The van der Waals surface area contributed by atoms with Crippen molar-refractivity contribution in [2.24, 2.45) is 5.73 Å². The van der Waals surface area contributed by atoms with Crippen molar-refractivity contribution in [1.82, 2.24) is 9.80 Å². The number of nitrogens with two attached hydrogens (primary N) is 1. The van der Waals surface area contributed by atoms with Gasteiger partial charge in [0.25, 0.3) is 0 Å². The van der Waals surface area contributed by atoms with E-state index in [1.807, 2.05) is 0 Å². The van der Waals surface area contributed by atoms with Gasteiger partial charge in [-0.3, -0.25) is 9.80 Å². The third-order valence-corrected chi connectivity index (χ3v) is 6.10. The topological polar surface area (TPSA) is 66.6 Å². The number of nitrogens with zero attached hydrogens (tertiary/aromatic N) is 2. The SMILES string of the molecule is CCN(CC)C1CCN(C2CS(=O)(=O)CC2N)C1. The largest absolute Gasteiger partial charge is 0.325 e. The van der Waals surface area contributed by atoms with Crippen LogP contribution in [-0.4, -0.2) is 74.0 Å². The Hall–Kier alpha value is -0.170. The highest BCUT2D eigenvalue weighted by molar-refractivity contribution is 7.91. The van der Waals surface area contributed by atoms with E-state index in [4.69, 9.17) is 5.73 Å². The summed E-state index contributed by atoms with van der Waals surface area (Å²) in [6.45, 7) is 8.43. The van der Waals surface area contributed by atoms with E-state index in [-0.39, 0.29) is 23.6 Å². The molecule has 2 saturated heterocycles. The molecule has 0 saturated carbocycles. The zero-order valence-electron chi connectivity index (χ0n) is 11.4. The molecule has 2 heterocycles. The van der Waals surface area contributed by atoms with E-state index in [0.717, 1.165) is 32.6 Å². The number of likely N-dealkylation sites (N-methyl/N-ethyl adjacent to an activating group) is 1. The molecule has 0 bridgehead atoms. The van der Waals surface area contributed by atoms with Gasteiger partial charge in [-0.25, -0.2) is 8.42 Å². The molecule has 6 heteroatoms. The molecule has 0 amide bonds. The molecule has 2 aliphatic heterocycles. The molecule has 106 valence electrons. The molecule has 3 unspecified atom stereocenters. The lowest BCUT2D eigenvalue weighted by atomic mass is 10.1. The lowest BCUT2D eigenvalue weighted by molar-refractivity contribution is 0.188. The highest BCUT2D eigenvalue weighted by Crippen LogP contribution is 2.23. The maximum Gasteiger partial charge on any atom is 0.153 e. The fourth-order valence-corrected chi connectivity index (χ4v) is 5.26. The van der Waals surface area contributed by atoms with Gasteiger partial charge in [0.1, 0.15) is 0 Å². The molecule has 2 fully saturated rings. The first kappa shape index (κ1) is 14.2. The third kappa shape index (κ3) is 2.87. The molecular weight excluding hydrogens is 250 g/mol. The molecular formula is C12H25N3O2S. The van der Waals surface area contributed by atoms with Crippen molar-refractivity contribution in [3.05, 3.63) is 0 Å².